The third kappa shape index (κ3) is 2.88. The standard InChI is InChI=1S/C13H16N2O5/c1-14(10-5-6-20-13(10)16)8-9-3-4-12(19-2)11(7-9)15(17)18/h3-4,7,10H,5-6,8H2,1-2H3/t10-/m0/s1. The summed E-state index contributed by atoms with van der Waals surface area (Å²) in [6.45, 7) is 0.862. The maximum absolute atomic E-state index is 11.5. The molecule has 1 atom stereocenters. The number of hydrogen-bond donors (Lipinski definition) is 0. The van der Waals surface area contributed by atoms with Crippen molar-refractivity contribution in [3.05, 3.63) is 33.9 Å². The number of likely N-dealkylation sites (N-methyl/N-ethyl adjacent to an activating group) is 1. The molecule has 7 heteroatoms. The summed E-state index contributed by atoms with van der Waals surface area (Å²) in [5, 5.41) is 11.0. The van der Waals surface area contributed by atoms with Gasteiger partial charge in [0, 0.05) is 19.0 Å². The molecule has 0 saturated carbocycles. The lowest BCUT2D eigenvalue weighted by Gasteiger charge is -2.20. The highest BCUT2D eigenvalue weighted by molar-refractivity contribution is 5.77. The molecule has 1 aliphatic rings. The van der Waals surface area contributed by atoms with Gasteiger partial charge < -0.3 is 9.47 Å². The summed E-state index contributed by atoms with van der Waals surface area (Å²) >= 11 is 0. The van der Waals surface area contributed by atoms with Gasteiger partial charge in [0.15, 0.2) is 5.75 Å². The molecule has 1 fully saturated rings. The predicted molar refractivity (Wildman–Crippen MR) is 70.5 cm³/mol. The number of nitrogens with zero attached hydrogens (tertiary/aromatic N) is 2. The van der Waals surface area contributed by atoms with Gasteiger partial charge in [-0.25, -0.2) is 0 Å². The Hall–Kier alpha value is -2.15. The van der Waals surface area contributed by atoms with Gasteiger partial charge in [-0.05, 0) is 18.7 Å². The third-order valence-electron chi connectivity index (χ3n) is 3.31. The van der Waals surface area contributed by atoms with Crippen LogP contribution in [0.3, 0.4) is 0 Å². The molecule has 108 valence electrons. The molecule has 0 N–H and O–H groups in total. The van der Waals surface area contributed by atoms with Gasteiger partial charge in [-0.3, -0.25) is 19.8 Å². The van der Waals surface area contributed by atoms with Crippen LogP contribution in [0.25, 0.3) is 0 Å². The molecule has 0 radical (unpaired) electrons. The Bertz CT molecular complexity index is 531. The van der Waals surface area contributed by atoms with Crippen LogP contribution in [0.1, 0.15) is 12.0 Å². The first-order valence-corrected chi connectivity index (χ1v) is 6.21. The first-order valence-electron chi connectivity index (χ1n) is 6.21. The second kappa shape index (κ2) is 5.87. The minimum absolute atomic E-state index is 0.0765. The van der Waals surface area contributed by atoms with E-state index in [-0.39, 0.29) is 23.4 Å². The minimum atomic E-state index is -0.480. The number of esters is 1. The van der Waals surface area contributed by atoms with Crippen molar-refractivity contribution in [3.63, 3.8) is 0 Å². The molecule has 0 unspecified atom stereocenters. The summed E-state index contributed by atoms with van der Waals surface area (Å²) in [5.74, 6) is -0.0165. The molecule has 2 rings (SSSR count). The molecule has 1 aliphatic heterocycles. The van der Waals surface area contributed by atoms with E-state index in [9.17, 15) is 14.9 Å². The third-order valence-corrected chi connectivity index (χ3v) is 3.31. The molecule has 7 nitrogen and oxygen atoms in total. The Kier molecular flexibility index (Phi) is 4.19. The van der Waals surface area contributed by atoms with Crippen molar-refractivity contribution in [1.82, 2.24) is 4.90 Å². The highest BCUT2D eigenvalue weighted by atomic mass is 16.6. The Morgan fingerprint density at radius 2 is 2.30 bits per heavy atom. The zero-order valence-corrected chi connectivity index (χ0v) is 11.4. The fourth-order valence-corrected chi connectivity index (χ4v) is 2.26. The van der Waals surface area contributed by atoms with Gasteiger partial charge in [-0.2, -0.15) is 0 Å². The van der Waals surface area contributed by atoms with E-state index in [0.29, 0.717) is 19.6 Å². The first-order chi connectivity index (χ1) is 9.52. The molecule has 0 aliphatic carbocycles. The largest absolute Gasteiger partial charge is 0.490 e. The average Bonchev–Trinajstić information content (AvgIpc) is 2.85. The monoisotopic (exact) mass is 280 g/mol. The number of hydrogen-bond acceptors (Lipinski definition) is 6. The molecule has 0 bridgehead atoms. The molecule has 0 spiro atoms. The summed E-state index contributed by atoms with van der Waals surface area (Å²) < 4.78 is 9.87. The Morgan fingerprint density at radius 3 is 2.85 bits per heavy atom. The Labute approximate surface area is 116 Å². The van der Waals surface area contributed by atoms with Crippen molar-refractivity contribution in [3.8, 4) is 5.75 Å². The van der Waals surface area contributed by atoms with Crippen LogP contribution in [0.4, 0.5) is 5.69 Å². The normalized spacial score (nSPS) is 18.1. The van der Waals surface area contributed by atoms with Crippen LogP contribution < -0.4 is 4.74 Å². The number of ether oxygens (including phenoxy) is 2. The molecule has 20 heavy (non-hydrogen) atoms. The van der Waals surface area contributed by atoms with Gasteiger partial charge in [0.25, 0.3) is 0 Å². The van der Waals surface area contributed by atoms with Crippen LogP contribution in [0.2, 0.25) is 0 Å². The zero-order chi connectivity index (χ0) is 14.7. The van der Waals surface area contributed by atoms with Crippen molar-refractivity contribution in [1.29, 1.82) is 0 Å². The zero-order valence-electron chi connectivity index (χ0n) is 11.4. The number of carbonyl (C=O) groups excluding carboxylic acids is 1. The summed E-state index contributed by atoms with van der Waals surface area (Å²) in [5.41, 5.74) is 0.673. The van der Waals surface area contributed by atoms with Crippen molar-refractivity contribution in [2.75, 3.05) is 20.8 Å². The summed E-state index contributed by atoms with van der Waals surface area (Å²) in [7, 11) is 3.19. The van der Waals surface area contributed by atoms with Crippen molar-refractivity contribution >= 4 is 11.7 Å². The lowest BCUT2D eigenvalue weighted by molar-refractivity contribution is -0.385. The quantitative estimate of drug-likeness (QED) is 0.460. The minimum Gasteiger partial charge on any atom is -0.490 e. The van der Waals surface area contributed by atoms with Crippen LogP contribution in [-0.4, -0.2) is 42.6 Å². The van der Waals surface area contributed by atoms with E-state index >= 15 is 0 Å². The summed E-state index contributed by atoms with van der Waals surface area (Å²) in [6.07, 6.45) is 0.646. The van der Waals surface area contributed by atoms with Gasteiger partial charge in [-0.15, -0.1) is 0 Å². The van der Waals surface area contributed by atoms with E-state index in [2.05, 4.69) is 0 Å². The Balaban J connectivity index is 2.15. The first kappa shape index (κ1) is 14.3. The maximum atomic E-state index is 11.5. The van der Waals surface area contributed by atoms with E-state index in [4.69, 9.17) is 9.47 Å². The lowest BCUT2D eigenvalue weighted by Crippen LogP contribution is -2.34. The number of nitro groups is 1. The molecule has 1 saturated heterocycles. The molecule has 0 aromatic heterocycles. The number of benzene rings is 1. The fraction of sp³-hybridized carbons (Fsp3) is 0.462. The summed E-state index contributed by atoms with van der Waals surface area (Å²) in [4.78, 5) is 23.8. The SMILES string of the molecule is COc1ccc(CN(C)[C@H]2CCOC2=O)cc1[N+](=O)[O-]. The molecular formula is C13H16N2O5. The van der Waals surface area contributed by atoms with Crippen LogP contribution in [0.5, 0.6) is 5.75 Å². The fourth-order valence-electron chi connectivity index (χ4n) is 2.26. The van der Waals surface area contributed by atoms with E-state index in [1.54, 1.807) is 19.2 Å². The van der Waals surface area contributed by atoms with Gasteiger partial charge in [0.1, 0.15) is 6.04 Å². The lowest BCUT2D eigenvalue weighted by atomic mass is 10.1. The molecule has 1 aromatic carbocycles. The van der Waals surface area contributed by atoms with Crippen LogP contribution in [0.15, 0.2) is 18.2 Å². The van der Waals surface area contributed by atoms with E-state index in [1.165, 1.54) is 13.2 Å². The summed E-state index contributed by atoms with van der Waals surface area (Å²) in [6, 6.07) is 4.50. The van der Waals surface area contributed by atoms with Crippen LogP contribution >= 0.6 is 0 Å². The van der Waals surface area contributed by atoms with Crippen molar-refractivity contribution < 1.29 is 19.2 Å². The van der Waals surface area contributed by atoms with Gasteiger partial charge >= 0.3 is 11.7 Å². The maximum Gasteiger partial charge on any atom is 0.323 e. The van der Waals surface area contributed by atoms with Crippen molar-refractivity contribution in [2.24, 2.45) is 0 Å². The number of methoxy groups -OCH3 is 1. The molecular weight excluding hydrogens is 264 g/mol. The highest BCUT2D eigenvalue weighted by Crippen LogP contribution is 2.28. The van der Waals surface area contributed by atoms with Crippen molar-refractivity contribution in [2.45, 2.75) is 19.0 Å². The predicted octanol–water partition coefficient (Wildman–Crippen LogP) is 1.35. The average molecular weight is 280 g/mol. The van der Waals surface area contributed by atoms with E-state index < -0.39 is 4.92 Å². The second-order valence-electron chi connectivity index (χ2n) is 4.65. The van der Waals surface area contributed by atoms with E-state index in [1.807, 2.05) is 4.90 Å². The van der Waals surface area contributed by atoms with Gasteiger partial charge in [-0.1, -0.05) is 6.07 Å². The van der Waals surface area contributed by atoms with Crippen LogP contribution in [0, 0.1) is 10.1 Å². The highest BCUT2D eigenvalue weighted by Gasteiger charge is 2.30. The van der Waals surface area contributed by atoms with Crippen LogP contribution in [-0.2, 0) is 16.1 Å². The molecule has 1 heterocycles. The number of nitro benzene ring substituents is 1. The number of rotatable bonds is 5. The second-order valence-corrected chi connectivity index (χ2v) is 4.65. The van der Waals surface area contributed by atoms with Gasteiger partial charge in [0.2, 0.25) is 0 Å². The number of cyclic esters (lactones) is 1. The Morgan fingerprint density at radius 1 is 1.55 bits per heavy atom. The molecule has 1 aromatic rings. The molecule has 0 amide bonds. The number of carbonyl (C=O) groups is 1. The van der Waals surface area contributed by atoms with E-state index in [0.717, 1.165) is 5.56 Å². The smallest absolute Gasteiger partial charge is 0.323 e. The topological polar surface area (TPSA) is 81.9 Å². The van der Waals surface area contributed by atoms with Gasteiger partial charge in [0.05, 0.1) is 18.6 Å².